The van der Waals surface area contributed by atoms with Crippen molar-refractivity contribution in [1.29, 1.82) is 0 Å². The Morgan fingerprint density at radius 3 is 2.62 bits per heavy atom. The summed E-state index contributed by atoms with van der Waals surface area (Å²) in [5.74, 6) is -0.762. The summed E-state index contributed by atoms with van der Waals surface area (Å²) in [4.78, 5) is 47.1. The van der Waals surface area contributed by atoms with E-state index in [0.717, 1.165) is 26.8 Å². The molecule has 2 aliphatic rings. The maximum Gasteiger partial charge on any atom is 0.388 e. The summed E-state index contributed by atoms with van der Waals surface area (Å²) >= 11 is 1.44. The van der Waals surface area contributed by atoms with Crippen LogP contribution in [0.5, 0.6) is 0 Å². The number of aromatic nitrogens is 1. The highest BCUT2D eigenvalue weighted by Crippen LogP contribution is 2.34. The van der Waals surface area contributed by atoms with Crippen LogP contribution >= 0.6 is 11.3 Å². The van der Waals surface area contributed by atoms with Gasteiger partial charge in [0.1, 0.15) is 11.0 Å². The number of nitrogens with two attached hydrogens (primary N) is 1. The minimum absolute atomic E-state index is 0.209. The molecule has 5 rings (SSSR count). The number of quaternary nitrogens is 1. The summed E-state index contributed by atoms with van der Waals surface area (Å²) in [5, 5.41) is 7.12. The molecule has 192 valence electrons. The fraction of sp³-hybridized carbons (Fsp3) is 0.280. The first-order valence-corrected chi connectivity index (χ1v) is 12.8. The quantitative estimate of drug-likeness (QED) is 0.231. The lowest BCUT2D eigenvalue weighted by molar-refractivity contribution is -0.601. The fourth-order valence-corrected chi connectivity index (χ4v) is 5.29. The van der Waals surface area contributed by atoms with Crippen molar-refractivity contribution in [2.45, 2.75) is 13.0 Å². The zero-order valence-corrected chi connectivity index (χ0v) is 21.1. The van der Waals surface area contributed by atoms with E-state index in [2.05, 4.69) is 25.9 Å². The topological polar surface area (TPSA) is 133 Å². The van der Waals surface area contributed by atoms with Gasteiger partial charge >= 0.3 is 11.9 Å². The Labute approximate surface area is 217 Å². The number of benzene rings is 2. The van der Waals surface area contributed by atoms with Crippen LogP contribution in [0.2, 0.25) is 0 Å². The molecule has 0 aliphatic carbocycles. The van der Waals surface area contributed by atoms with Gasteiger partial charge in [0.25, 0.3) is 0 Å². The minimum atomic E-state index is -0.874. The van der Waals surface area contributed by atoms with Crippen molar-refractivity contribution < 1.29 is 24.5 Å². The van der Waals surface area contributed by atoms with Crippen molar-refractivity contribution in [2.75, 3.05) is 48.0 Å². The van der Waals surface area contributed by atoms with E-state index in [1.54, 1.807) is 0 Å². The first-order valence-electron chi connectivity index (χ1n) is 12.0. The maximum atomic E-state index is 13.0. The lowest BCUT2D eigenvalue weighted by Gasteiger charge is -2.27. The third kappa shape index (κ3) is 5.56. The molecule has 2 aromatic carbocycles. The van der Waals surface area contributed by atoms with Gasteiger partial charge in [-0.1, -0.05) is 30.3 Å². The monoisotopic (exact) mass is 522 g/mol. The molecule has 0 bridgehead atoms. The van der Waals surface area contributed by atoms with Gasteiger partial charge in [0.2, 0.25) is 11.6 Å². The SMILES string of the molecule is Cc1nc(C(=O)[NH2+]NC(=O)N[C@H]2CN(c3ccccc3)c3ccccc3NC2=O)c(N2CCOCC2)s1. The maximum absolute atomic E-state index is 13.0. The number of carbonyl (C=O) groups is 3. The molecule has 2 aliphatic heterocycles. The number of rotatable bonds is 4. The molecule has 3 heterocycles. The first-order chi connectivity index (χ1) is 18.0. The second kappa shape index (κ2) is 10.9. The highest BCUT2D eigenvalue weighted by molar-refractivity contribution is 7.16. The molecule has 1 aromatic heterocycles. The number of thiazole rings is 1. The average molecular weight is 523 g/mol. The Balaban J connectivity index is 1.26. The number of morpholine rings is 1. The highest BCUT2D eigenvalue weighted by atomic mass is 32.1. The lowest BCUT2D eigenvalue weighted by atomic mass is 10.2. The van der Waals surface area contributed by atoms with Crippen LogP contribution in [0.3, 0.4) is 0 Å². The number of urea groups is 1. The molecule has 4 amide bonds. The Bertz CT molecular complexity index is 1290. The second-order valence-electron chi connectivity index (χ2n) is 8.62. The Kier molecular flexibility index (Phi) is 7.30. The molecule has 37 heavy (non-hydrogen) atoms. The molecule has 0 spiro atoms. The zero-order chi connectivity index (χ0) is 25.8. The molecule has 5 N–H and O–H groups in total. The molecule has 1 saturated heterocycles. The molecule has 1 atom stereocenters. The number of aryl methyl sites for hydroxylation is 1. The normalized spacial score (nSPS) is 17.4. The number of amides is 4. The molecule has 0 unspecified atom stereocenters. The van der Waals surface area contributed by atoms with Gasteiger partial charge in [0, 0.05) is 18.8 Å². The Morgan fingerprint density at radius 2 is 1.84 bits per heavy atom. The zero-order valence-electron chi connectivity index (χ0n) is 20.3. The number of primary amides is 1. The van der Waals surface area contributed by atoms with E-state index in [0.29, 0.717) is 37.7 Å². The second-order valence-corrected chi connectivity index (χ2v) is 9.80. The van der Waals surface area contributed by atoms with Crippen molar-refractivity contribution in [1.82, 2.24) is 15.7 Å². The van der Waals surface area contributed by atoms with Gasteiger partial charge in [-0.2, -0.15) is 10.9 Å². The van der Waals surface area contributed by atoms with Crippen LogP contribution < -0.4 is 31.3 Å². The number of ether oxygens (including phenoxy) is 1. The average Bonchev–Trinajstić information content (AvgIpc) is 3.26. The van der Waals surface area contributed by atoms with Gasteiger partial charge in [0.15, 0.2) is 0 Å². The van der Waals surface area contributed by atoms with Gasteiger partial charge < -0.3 is 25.2 Å². The van der Waals surface area contributed by atoms with E-state index < -0.39 is 18.0 Å². The van der Waals surface area contributed by atoms with Crippen LogP contribution in [-0.4, -0.2) is 61.7 Å². The van der Waals surface area contributed by atoms with E-state index in [1.165, 1.54) is 11.3 Å². The summed E-state index contributed by atoms with van der Waals surface area (Å²) in [7, 11) is 0. The third-order valence-electron chi connectivity index (χ3n) is 6.09. The highest BCUT2D eigenvalue weighted by Gasteiger charge is 2.31. The number of hydrogen-bond donors (Lipinski definition) is 4. The number of anilines is 4. The molecule has 3 aromatic rings. The van der Waals surface area contributed by atoms with Crippen LogP contribution in [0.4, 0.5) is 26.9 Å². The molecule has 11 nitrogen and oxygen atoms in total. The number of carbonyl (C=O) groups excluding carboxylic acids is 3. The predicted octanol–water partition coefficient (Wildman–Crippen LogP) is 1.36. The molecular weight excluding hydrogens is 494 g/mol. The smallest absolute Gasteiger partial charge is 0.378 e. The van der Waals surface area contributed by atoms with Crippen molar-refractivity contribution in [3.63, 3.8) is 0 Å². The first kappa shape index (κ1) is 24.7. The van der Waals surface area contributed by atoms with E-state index >= 15 is 0 Å². The van der Waals surface area contributed by atoms with Gasteiger partial charge in [-0.05, 0) is 31.2 Å². The van der Waals surface area contributed by atoms with E-state index in [9.17, 15) is 14.4 Å². The number of nitrogens with one attached hydrogen (secondary N) is 3. The fourth-order valence-electron chi connectivity index (χ4n) is 4.32. The van der Waals surface area contributed by atoms with Crippen LogP contribution in [0, 0.1) is 6.92 Å². The summed E-state index contributed by atoms with van der Waals surface area (Å²) < 4.78 is 5.40. The standard InChI is InChI=1S/C25H27N7O4S/c1-16-26-21(24(37-16)31-11-13-36-14-12-31)23(34)29-30-25(35)28-19-15-32(17-7-3-2-4-8-17)20-10-6-5-9-18(20)27-22(19)33/h2-10,19H,11-15H2,1H3,(H,27,33)(H,29,34)(H2,28,30,35)/p+1/t19-/m0/s1. The molecular formula is C25H28N7O4S+. The van der Waals surface area contributed by atoms with E-state index in [4.69, 9.17) is 4.74 Å². The summed E-state index contributed by atoms with van der Waals surface area (Å²) in [6.45, 7) is 4.57. The van der Waals surface area contributed by atoms with Crippen molar-refractivity contribution in [3.8, 4) is 0 Å². The van der Waals surface area contributed by atoms with Gasteiger partial charge in [-0.15, -0.1) is 11.3 Å². The summed E-state index contributed by atoms with van der Waals surface area (Å²) in [6.07, 6.45) is 0. The lowest BCUT2D eigenvalue weighted by Crippen LogP contribution is -2.98. The van der Waals surface area contributed by atoms with Crippen molar-refractivity contribution >= 4 is 51.2 Å². The molecule has 1 fully saturated rings. The van der Waals surface area contributed by atoms with Gasteiger partial charge in [0.05, 0.1) is 36.1 Å². The Hall–Kier alpha value is -4.00. The number of nitrogens with zero attached hydrogens (tertiary/aromatic N) is 3. The van der Waals surface area contributed by atoms with Gasteiger partial charge in [-0.3, -0.25) is 4.79 Å². The van der Waals surface area contributed by atoms with Crippen molar-refractivity contribution in [3.05, 3.63) is 65.3 Å². The number of para-hydroxylation sites is 3. The predicted molar refractivity (Wildman–Crippen MR) is 140 cm³/mol. The largest absolute Gasteiger partial charge is 0.388 e. The summed E-state index contributed by atoms with van der Waals surface area (Å²) in [6, 6.07) is 15.6. The van der Waals surface area contributed by atoms with Gasteiger partial charge in [-0.25, -0.2) is 14.6 Å². The van der Waals surface area contributed by atoms with E-state index in [-0.39, 0.29) is 12.5 Å². The minimum Gasteiger partial charge on any atom is -0.378 e. The third-order valence-corrected chi connectivity index (χ3v) is 7.12. The van der Waals surface area contributed by atoms with E-state index in [1.807, 2.05) is 66.4 Å². The van der Waals surface area contributed by atoms with Crippen molar-refractivity contribution in [2.24, 2.45) is 0 Å². The van der Waals surface area contributed by atoms with Crippen LogP contribution in [0.1, 0.15) is 15.5 Å². The Morgan fingerprint density at radius 1 is 1.11 bits per heavy atom. The van der Waals surface area contributed by atoms with Crippen LogP contribution in [-0.2, 0) is 9.53 Å². The van der Waals surface area contributed by atoms with Crippen LogP contribution in [0.25, 0.3) is 0 Å². The number of hydrogen-bond acceptors (Lipinski definition) is 8. The molecule has 0 saturated carbocycles. The number of fused-ring (bicyclic) bond motifs is 1. The molecule has 0 radical (unpaired) electrons. The molecule has 12 heteroatoms. The summed E-state index contributed by atoms with van der Waals surface area (Å²) in [5.41, 5.74) is 6.22. The van der Waals surface area contributed by atoms with Crippen LogP contribution in [0.15, 0.2) is 54.6 Å².